The van der Waals surface area contributed by atoms with Gasteiger partial charge in [-0.1, -0.05) is 44.7 Å². The Labute approximate surface area is 192 Å². The molecule has 3 rings (SSSR count). The summed E-state index contributed by atoms with van der Waals surface area (Å²) in [6.45, 7) is 0.357. The van der Waals surface area contributed by atoms with Gasteiger partial charge in [-0.25, -0.2) is 0 Å². The van der Waals surface area contributed by atoms with E-state index in [1.807, 2.05) is 0 Å². The number of benzene rings is 2. The van der Waals surface area contributed by atoms with Crippen LogP contribution in [0.1, 0.15) is 25.7 Å². The van der Waals surface area contributed by atoms with E-state index in [-0.39, 0.29) is 11.4 Å². The van der Waals surface area contributed by atoms with E-state index in [0.29, 0.717) is 25.7 Å². The number of nitrogens with zero attached hydrogens (tertiary/aromatic N) is 2. The first-order chi connectivity index (χ1) is 13.6. The summed E-state index contributed by atoms with van der Waals surface area (Å²) < 4.78 is 1.86. The second-order valence-corrected chi connectivity index (χ2v) is 9.24. The monoisotopic (exact) mass is 593 g/mol. The van der Waals surface area contributed by atoms with Gasteiger partial charge in [-0.3, -0.25) is 20.2 Å². The highest BCUT2D eigenvalue weighted by Crippen LogP contribution is 2.32. The maximum Gasteiger partial charge on any atom is 0.293 e. The molecule has 2 aromatic rings. The van der Waals surface area contributed by atoms with Gasteiger partial charge in [-0.15, -0.1) is 0 Å². The third-order valence-electron chi connectivity index (χ3n) is 4.40. The molecule has 0 aromatic heterocycles. The maximum atomic E-state index is 10.9. The molecule has 8 nitrogen and oxygen atoms in total. The topological polar surface area (TPSA) is 119 Å². The van der Waals surface area contributed by atoms with E-state index in [2.05, 4.69) is 53.1 Å². The molecule has 1 aliphatic rings. The maximum absolute atomic E-state index is 10.9. The van der Waals surface area contributed by atoms with Crippen LogP contribution in [0.2, 0.25) is 0 Å². The summed E-state index contributed by atoms with van der Waals surface area (Å²) in [5.41, 5.74) is -0.185. The molecule has 0 bridgehead atoms. The van der Waals surface area contributed by atoms with Gasteiger partial charge in [0.25, 0.3) is 11.4 Å². The van der Waals surface area contributed by atoms with Gasteiger partial charge in [0.2, 0.25) is 0 Å². The Kier molecular flexibility index (Phi) is 8.56. The minimum absolute atomic E-state index is 0.0194. The molecule has 0 aliphatic heterocycles. The fourth-order valence-corrected chi connectivity index (χ4v) is 3.99. The molecule has 2 aromatic carbocycles. The summed E-state index contributed by atoms with van der Waals surface area (Å²) in [5.74, 6) is 0. The fourth-order valence-electron chi connectivity index (χ4n) is 2.90. The number of hydrogen-bond acceptors (Lipinski definition) is 6. The third-order valence-corrected chi connectivity index (χ3v) is 6.06. The van der Waals surface area contributed by atoms with E-state index < -0.39 is 15.4 Å². The van der Waals surface area contributed by atoms with E-state index >= 15 is 0 Å². The Bertz CT molecular complexity index is 904. The van der Waals surface area contributed by atoms with Crippen molar-refractivity contribution in [1.82, 2.24) is 0 Å². The van der Waals surface area contributed by atoms with Crippen molar-refractivity contribution >= 4 is 64.9 Å². The predicted octanol–water partition coefficient (Wildman–Crippen LogP) is 6.19. The summed E-state index contributed by atoms with van der Waals surface area (Å²) in [6.07, 6.45) is 3.54. The third kappa shape index (κ3) is 7.02. The van der Waals surface area contributed by atoms with Crippen molar-refractivity contribution in [1.29, 1.82) is 0 Å². The van der Waals surface area contributed by atoms with Crippen molar-refractivity contribution in [3.05, 3.63) is 70.0 Å². The smallest absolute Gasteiger partial charge is 0.293 e. The Morgan fingerprint density at radius 2 is 1.45 bits per heavy atom. The lowest BCUT2D eigenvalue weighted by Gasteiger charge is -2.22. The number of aliphatic hydroxyl groups is 1. The molecule has 156 valence electrons. The van der Waals surface area contributed by atoms with E-state index in [4.69, 9.17) is 0 Å². The molecule has 11 heteroatoms. The van der Waals surface area contributed by atoms with Gasteiger partial charge in [-0.05, 0) is 53.0 Å². The first-order valence-corrected chi connectivity index (χ1v) is 11.0. The number of hydrogen-bond donors (Lipinski definition) is 2. The second kappa shape index (κ2) is 10.5. The molecule has 1 saturated carbocycles. The van der Waals surface area contributed by atoms with E-state index in [9.17, 15) is 25.3 Å². The lowest BCUT2D eigenvalue weighted by atomic mass is 10.0. The first-order valence-electron chi connectivity index (χ1n) is 8.61. The summed E-state index contributed by atoms with van der Waals surface area (Å²) in [4.78, 5) is 20.4. The Morgan fingerprint density at radius 1 is 0.931 bits per heavy atom. The van der Waals surface area contributed by atoms with Gasteiger partial charge in [0.1, 0.15) is 5.69 Å². The standard InChI is InChI=1S/C12H15BrN2O3.C6H3Br2NO2/c13-9-3-4-10(11(7-9)15(17)18)14-8-12(16)5-1-2-6-12;7-4-1-2-5(8)6(3-4)9(10)11/h3-4,7,14,16H,1-2,5-6,8H2;1-3H. The molecule has 29 heavy (non-hydrogen) atoms. The van der Waals surface area contributed by atoms with Crippen LogP contribution < -0.4 is 5.32 Å². The molecule has 0 amide bonds. The van der Waals surface area contributed by atoms with E-state index in [0.717, 1.165) is 25.7 Å². The molecule has 0 saturated heterocycles. The zero-order valence-electron chi connectivity index (χ0n) is 15.1. The number of nitrogens with one attached hydrogen (secondary N) is 1. The molecule has 1 fully saturated rings. The zero-order valence-corrected chi connectivity index (χ0v) is 19.9. The van der Waals surface area contributed by atoms with Crippen LogP contribution in [-0.2, 0) is 0 Å². The largest absolute Gasteiger partial charge is 0.388 e. The number of halogens is 3. The normalized spacial score (nSPS) is 14.6. The first kappa shape index (κ1) is 23.7. The molecule has 0 heterocycles. The summed E-state index contributed by atoms with van der Waals surface area (Å²) >= 11 is 9.42. The number of rotatable bonds is 5. The van der Waals surface area contributed by atoms with E-state index in [1.165, 1.54) is 12.1 Å². The van der Waals surface area contributed by atoms with Gasteiger partial charge in [0.15, 0.2) is 0 Å². The van der Waals surface area contributed by atoms with Crippen LogP contribution in [0.4, 0.5) is 17.1 Å². The van der Waals surface area contributed by atoms with Crippen molar-refractivity contribution in [3.63, 3.8) is 0 Å². The average Bonchev–Trinajstić information content (AvgIpc) is 3.10. The van der Waals surface area contributed by atoms with Crippen LogP contribution in [0.3, 0.4) is 0 Å². The predicted molar refractivity (Wildman–Crippen MR) is 121 cm³/mol. The lowest BCUT2D eigenvalue weighted by Crippen LogP contribution is -2.33. The molecule has 0 radical (unpaired) electrons. The summed E-state index contributed by atoms with van der Waals surface area (Å²) in [5, 5.41) is 34.4. The van der Waals surface area contributed by atoms with Crippen LogP contribution in [0.5, 0.6) is 0 Å². The Balaban J connectivity index is 0.000000234. The summed E-state index contributed by atoms with van der Waals surface area (Å²) in [6, 6.07) is 9.67. The van der Waals surface area contributed by atoms with Crippen LogP contribution in [-0.4, -0.2) is 27.1 Å². The van der Waals surface area contributed by atoms with Crippen molar-refractivity contribution in [3.8, 4) is 0 Å². The molecule has 1 aliphatic carbocycles. The highest BCUT2D eigenvalue weighted by atomic mass is 79.9. The van der Waals surface area contributed by atoms with Crippen LogP contribution in [0, 0.1) is 20.2 Å². The van der Waals surface area contributed by atoms with Gasteiger partial charge >= 0.3 is 0 Å². The van der Waals surface area contributed by atoms with Crippen molar-refractivity contribution in [2.45, 2.75) is 31.3 Å². The molecule has 0 spiro atoms. The van der Waals surface area contributed by atoms with Gasteiger partial charge < -0.3 is 10.4 Å². The number of anilines is 1. The van der Waals surface area contributed by atoms with Gasteiger partial charge in [-0.2, -0.15) is 0 Å². The van der Waals surface area contributed by atoms with Gasteiger partial charge in [0, 0.05) is 27.6 Å². The van der Waals surface area contributed by atoms with Crippen molar-refractivity contribution in [2.75, 3.05) is 11.9 Å². The second-order valence-electron chi connectivity index (χ2n) is 6.56. The Morgan fingerprint density at radius 3 is 1.97 bits per heavy atom. The van der Waals surface area contributed by atoms with Crippen LogP contribution in [0.25, 0.3) is 0 Å². The van der Waals surface area contributed by atoms with Gasteiger partial charge in [0.05, 0.1) is 19.9 Å². The number of nitro groups is 2. The average molecular weight is 596 g/mol. The van der Waals surface area contributed by atoms with E-state index in [1.54, 1.807) is 24.3 Å². The minimum Gasteiger partial charge on any atom is -0.388 e. The molecule has 0 atom stereocenters. The molecule has 2 N–H and O–H groups in total. The molecular formula is C18H18Br3N3O5. The van der Waals surface area contributed by atoms with Crippen LogP contribution >= 0.6 is 47.8 Å². The minimum atomic E-state index is -0.721. The fraction of sp³-hybridized carbons (Fsp3) is 0.333. The van der Waals surface area contributed by atoms with Crippen molar-refractivity contribution < 1.29 is 15.0 Å². The highest BCUT2D eigenvalue weighted by Gasteiger charge is 2.31. The Hall–Kier alpha value is -1.56. The van der Waals surface area contributed by atoms with Crippen LogP contribution in [0.15, 0.2) is 49.8 Å². The molecule has 0 unspecified atom stereocenters. The zero-order chi connectivity index (χ0) is 21.6. The lowest BCUT2D eigenvalue weighted by molar-refractivity contribution is -0.385. The quantitative estimate of drug-likeness (QED) is 0.314. The SMILES string of the molecule is O=[N+]([O-])c1cc(Br)ccc1Br.O=[N+]([O-])c1cc(Br)ccc1NCC1(O)CCCC1. The number of nitro benzene ring substituents is 2. The highest BCUT2D eigenvalue weighted by molar-refractivity contribution is 9.11. The van der Waals surface area contributed by atoms with Crippen molar-refractivity contribution in [2.24, 2.45) is 0 Å². The molecular weight excluding hydrogens is 578 g/mol. The summed E-state index contributed by atoms with van der Waals surface area (Å²) in [7, 11) is 0.